The van der Waals surface area contributed by atoms with Crippen LogP contribution < -0.4 is 10.2 Å². The molecule has 0 aliphatic carbocycles. The smallest absolute Gasteiger partial charge is 0.244 e. The average Bonchev–Trinajstić information content (AvgIpc) is 2.44. The van der Waals surface area contributed by atoms with Crippen LogP contribution in [-0.2, 0) is 4.79 Å². The number of hydrogen-bond acceptors (Lipinski definition) is 3. The van der Waals surface area contributed by atoms with Gasteiger partial charge in [-0.1, -0.05) is 6.07 Å². The standard InChI is InChI=1S/C11H15N3O/c1-9-11(15)14(8-4-7-12-9)10-5-2-3-6-13-10/h2-3,5-6,9,12H,4,7-8H2,1H3. The van der Waals surface area contributed by atoms with Gasteiger partial charge >= 0.3 is 0 Å². The first-order valence-corrected chi connectivity index (χ1v) is 5.25. The number of anilines is 1. The summed E-state index contributed by atoms with van der Waals surface area (Å²) in [6, 6.07) is 5.51. The Morgan fingerprint density at radius 2 is 2.40 bits per heavy atom. The molecule has 1 saturated heterocycles. The molecule has 80 valence electrons. The van der Waals surface area contributed by atoms with Gasteiger partial charge in [-0.15, -0.1) is 0 Å². The molecule has 0 aromatic carbocycles. The SMILES string of the molecule is CC1NCCCN(c2ccccn2)C1=O. The van der Waals surface area contributed by atoms with Crippen molar-refractivity contribution in [3.63, 3.8) is 0 Å². The summed E-state index contributed by atoms with van der Waals surface area (Å²) < 4.78 is 0. The fraction of sp³-hybridized carbons (Fsp3) is 0.455. The molecule has 1 aliphatic heterocycles. The Morgan fingerprint density at radius 1 is 1.53 bits per heavy atom. The Morgan fingerprint density at radius 3 is 3.13 bits per heavy atom. The van der Waals surface area contributed by atoms with E-state index in [0.29, 0.717) is 0 Å². The second-order valence-corrected chi connectivity index (χ2v) is 3.71. The van der Waals surface area contributed by atoms with Gasteiger partial charge in [0, 0.05) is 12.7 Å². The summed E-state index contributed by atoms with van der Waals surface area (Å²) in [5.74, 6) is 0.851. The number of rotatable bonds is 1. The minimum atomic E-state index is -0.116. The summed E-state index contributed by atoms with van der Waals surface area (Å²) in [7, 11) is 0. The zero-order chi connectivity index (χ0) is 10.7. The van der Waals surface area contributed by atoms with Gasteiger partial charge in [0.05, 0.1) is 6.04 Å². The zero-order valence-corrected chi connectivity index (χ0v) is 8.81. The van der Waals surface area contributed by atoms with Gasteiger partial charge in [-0.3, -0.25) is 9.69 Å². The lowest BCUT2D eigenvalue weighted by molar-refractivity contribution is -0.119. The molecule has 4 heteroatoms. The number of carbonyl (C=O) groups excluding carboxylic acids is 1. The van der Waals surface area contributed by atoms with Crippen molar-refractivity contribution in [2.75, 3.05) is 18.0 Å². The summed E-state index contributed by atoms with van der Waals surface area (Å²) in [6.07, 6.45) is 2.68. The molecule has 1 amide bonds. The predicted octanol–water partition coefficient (Wildman–Crippen LogP) is 0.796. The van der Waals surface area contributed by atoms with E-state index >= 15 is 0 Å². The molecule has 0 radical (unpaired) electrons. The molecule has 0 bridgehead atoms. The molecule has 1 aromatic rings. The first-order chi connectivity index (χ1) is 7.29. The van der Waals surface area contributed by atoms with Crippen molar-refractivity contribution in [1.82, 2.24) is 10.3 Å². The molecular weight excluding hydrogens is 190 g/mol. The highest BCUT2D eigenvalue weighted by molar-refractivity contribution is 5.96. The maximum atomic E-state index is 12.0. The lowest BCUT2D eigenvalue weighted by Gasteiger charge is -2.21. The number of amides is 1. The Kier molecular flexibility index (Phi) is 2.97. The molecule has 15 heavy (non-hydrogen) atoms. The first kappa shape index (κ1) is 10.1. The van der Waals surface area contributed by atoms with Gasteiger partial charge in [0.1, 0.15) is 5.82 Å². The van der Waals surface area contributed by atoms with Crippen molar-refractivity contribution in [2.45, 2.75) is 19.4 Å². The first-order valence-electron chi connectivity index (χ1n) is 5.25. The molecule has 0 saturated carbocycles. The van der Waals surface area contributed by atoms with Crippen LogP contribution in [0.2, 0.25) is 0 Å². The van der Waals surface area contributed by atoms with Crippen LogP contribution in [-0.4, -0.2) is 30.0 Å². The van der Waals surface area contributed by atoms with E-state index in [1.807, 2.05) is 25.1 Å². The Bertz CT molecular complexity index is 339. The van der Waals surface area contributed by atoms with E-state index in [4.69, 9.17) is 0 Å². The lowest BCUT2D eigenvalue weighted by atomic mass is 10.3. The number of nitrogens with zero attached hydrogens (tertiary/aromatic N) is 2. The minimum Gasteiger partial charge on any atom is -0.306 e. The highest BCUT2D eigenvalue weighted by Crippen LogP contribution is 2.13. The average molecular weight is 205 g/mol. The number of pyridine rings is 1. The fourth-order valence-corrected chi connectivity index (χ4v) is 1.73. The van der Waals surface area contributed by atoms with Crippen molar-refractivity contribution in [3.05, 3.63) is 24.4 Å². The van der Waals surface area contributed by atoms with Gasteiger partial charge in [0.15, 0.2) is 0 Å². The van der Waals surface area contributed by atoms with E-state index < -0.39 is 0 Å². The van der Waals surface area contributed by atoms with Crippen molar-refractivity contribution < 1.29 is 4.79 Å². The van der Waals surface area contributed by atoms with Gasteiger partial charge in [0.25, 0.3) is 0 Å². The van der Waals surface area contributed by atoms with Crippen LogP contribution in [0, 0.1) is 0 Å². The van der Waals surface area contributed by atoms with E-state index in [9.17, 15) is 4.79 Å². The van der Waals surface area contributed by atoms with Gasteiger partial charge in [0.2, 0.25) is 5.91 Å². The second kappa shape index (κ2) is 4.40. The van der Waals surface area contributed by atoms with Gasteiger partial charge in [-0.05, 0) is 32.0 Å². The van der Waals surface area contributed by atoms with Crippen LogP contribution in [0.3, 0.4) is 0 Å². The molecule has 4 nitrogen and oxygen atoms in total. The topological polar surface area (TPSA) is 45.2 Å². The maximum Gasteiger partial charge on any atom is 0.244 e. The van der Waals surface area contributed by atoms with E-state index in [1.54, 1.807) is 11.1 Å². The summed E-state index contributed by atoms with van der Waals surface area (Å²) in [4.78, 5) is 17.9. The predicted molar refractivity (Wildman–Crippen MR) is 58.7 cm³/mol. The summed E-state index contributed by atoms with van der Waals surface area (Å²) in [5, 5.41) is 3.17. The number of aromatic nitrogens is 1. The Labute approximate surface area is 89.3 Å². The molecule has 1 aromatic heterocycles. The van der Waals surface area contributed by atoms with E-state index in [0.717, 1.165) is 25.3 Å². The zero-order valence-electron chi connectivity index (χ0n) is 8.81. The molecule has 1 aliphatic rings. The van der Waals surface area contributed by atoms with Gasteiger partial charge in [-0.25, -0.2) is 4.98 Å². The van der Waals surface area contributed by atoms with Crippen LogP contribution in [0.5, 0.6) is 0 Å². The highest BCUT2D eigenvalue weighted by Gasteiger charge is 2.24. The summed E-state index contributed by atoms with van der Waals surface area (Å²) >= 11 is 0. The van der Waals surface area contributed by atoms with Crippen LogP contribution >= 0.6 is 0 Å². The van der Waals surface area contributed by atoms with Crippen LogP contribution in [0.1, 0.15) is 13.3 Å². The number of carbonyl (C=O) groups is 1. The maximum absolute atomic E-state index is 12.0. The van der Waals surface area contributed by atoms with Crippen molar-refractivity contribution >= 4 is 11.7 Å². The van der Waals surface area contributed by atoms with E-state index in [2.05, 4.69) is 10.3 Å². The summed E-state index contributed by atoms with van der Waals surface area (Å²) in [6.45, 7) is 3.52. The molecule has 0 spiro atoms. The third-order valence-corrected chi connectivity index (χ3v) is 2.57. The molecule has 1 fully saturated rings. The second-order valence-electron chi connectivity index (χ2n) is 3.71. The highest BCUT2D eigenvalue weighted by atomic mass is 16.2. The lowest BCUT2D eigenvalue weighted by Crippen LogP contribution is -2.42. The summed E-state index contributed by atoms with van der Waals surface area (Å²) in [5.41, 5.74) is 0. The largest absolute Gasteiger partial charge is 0.306 e. The molecule has 1 unspecified atom stereocenters. The Hall–Kier alpha value is -1.42. The molecule has 1 atom stereocenters. The van der Waals surface area contributed by atoms with E-state index in [1.165, 1.54) is 0 Å². The normalized spacial score (nSPS) is 22.6. The third kappa shape index (κ3) is 2.15. The van der Waals surface area contributed by atoms with Gasteiger partial charge < -0.3 is 5.32 Å². The molecule has 2 rings (SSSR count). The van der Waals surface area contributed by atoms with Crippen molar-refractivity contribution in [3.8, 4) is 0 Å². The third-order valence-electron chi connectivity index (χ3n) is 2.57. The Balaban J connectivity index is 2.23. The molecular formula is C11H15N3O. The van der Waals surface area contributed by atoms with Crippen LogP contribution in [0.4, 0.5) is 5.82 Å². The minimum absolute atomic E-state index is 0.103. The van der Waals surface area contributed by atoms with E-state index in [-0.39, 0.29) is 11.9 Å². The van der Waals surface area contributed by atoms with Crippen molar-refractivity contribution in [2.24, 2.45) is 0 Å². The number of hydrogen-bond donors (Lipinski definition) is 1. The quantitative estimate of drug-likeness (QED) is 0.737. The molecule has 1 N–H and O–H groups in total. The molecule has 2 heterocycles. The van der Waals surface area contributed by atoms with Gasteiger partial charge in [-0.2, -0.15) is 0 Å². The van der Waals surface area contributed by atoms with Crippen LogP contribution in [0.15, 0.2) is 24.4 Å². The fourth-order valence-electron chi connectivity index (χ4n) is 1.73. The van der Waals surface area contributed by atoms with Crippen LogP contribution in [0.25, 0.3) is 0 Å². The monoisotopic (exact) mass is 205 g/mol. The van der Waals surface area contributed by atoms with Crippen molar-refractivity contribution in [1.29, 1.82) is 0 Å². The number of nitrogens with one attached hydrogen (secondary N) is 1.